The minimum atomic E-state index is -0.227. The molecule has 2 unspecified atom stereocenters. The van der Waals surface area contributed by atoms with Crippen LogP contribution in [0.5, 0.6) is 0 Å². The van der Waals surface area contributed by atoms with E-state index >= 15 is 0 Å². The Kier molecular flexibility index (Phi) is 2.78. The second-order valence-corrected chi connectivity index (χ2v) is 5.01. The zero-order valence-electron chi connectivity index (χ0n) is 10.1. The van der Waals surface area contributed by atoms with Crippen LogP contribution in [0, 0.1) is 24.6 Å². The molecule has 1 aliphatic carbocycles. The molecule has 0 aromatic heterocycles. The molecule has 0 amide bonds. The Bertz CT molecular complexity index is 403. The first kappa shape index (κ1) is 11.2. The van der Waals surface area contributed by atoms with E-state index in [1.807, 2.05) is 13.1 Å². The van der Waals surface area contributed by atoms with E-state index in [4.69, 9.17) is 5.73 Å². The van der Waals surface area contributed by atoms with Gasteiger partial charge in [0.25, 0.3) is 0 Å². The number of benzene rings is 1. The fourth-order valence-electron chi connectivity index (χ4n) is 2.12. The van der Waals surface area contributed by atoms with Crippen LogP contribution in [0.1, 0.15) is 18.9 Å². The predicted octanol–water partition coefficient (Wildman–Crippen LogP) is 2.81. The summed E-state index contributed by atoms with van der Waals surface area (Å²) in [6.07, 6.45) is 1.30. The summed E-state index contributed by atoms with van der Waals surface area (Å²) in [6, 6.07) is 3.25. The zero-order chi connectivity index (χ0) is 11.9. The first-order chi connectivity index (χ1) is 7.49. The van der Waals surface area contributed by atoms with Gasteiger partial charge in [0.15, 0.2) is 0 Å². The Balaban J connectivity index is 2.15. The molecule has 2 N–H and O–H groups in total. The van der Waals surface area contributed by atoms with Gasteiger partial charge in [-0.3, -0.25) is 0 Å². The molecule has 0 saturated heterocycles. The monoisotopic (exact) mass is 222 g/mol. The van der Waals surface area contributed by atoms with Gasteiger partial charge < -0.3 is 10.6 Å². The molecule has 1 aliphatic rings. The van der Waals surface area contributed by atoms with Crippen LogP contribution in [0.4, 0.5) is 15.8 Å². The maximum atomic E-state index is 13.3. The highest BCUT2D eigenvalue weighted by atomic mass is 19.1. The quantitative estimate of drug-likeness (QED) is 0.797. The fourth-order valence-corrected chi connectivity index (χ4v) is 2.12. The van der Waals surface area contributed by atoms with Crippen molar-refractivity contribution in [1.82, 2.24) is 0 Å². The number of hydrogen-bond donors (Lipinski definition) is 1. The summed E-state index contributed by atoms with van der Waals surface area (Å²) in [4.78, 5) is 2.13. The van der Waals surface area contributed by atoms with Crippen molar-refractivity contribution in [2.45, 2.75) is 20.3 Å². The molecule has 1 saturated carbocycles. The molecular formula is C13H19FN2. The molecule has 0 heterocycles. The molecule has 2 rings (SSSR count). The van der Waals surface area contributed by atoms with Gasteiger partial charge in [0.05, 0.1) is 11.4 Å². The summed E-state index contributed by atoms with van der Waals surface area (Å²) in [7, 11) is 2.02. The smallest absolute Gasteiger partial charge is 0.128 e. The third-order valence-corrected chi connectivity index (χ3v) is 3.50. The lowest BCUT2D eigenvalue weighted by atomic mass is 10.1. The highest BCUT2D eigenvalue weighted by molar-refractivity contribution is 5.68. The molecule has 1 fully saturated rings. The van der Waals surface area contributed by atoms with Crippen molar-refractivity contribution in [3.8, 4) is 0 Å². The molecule has 1 aromatic rings. The SMILES string of the molecule is Cc1cc(N(C)CC2CC2C)c(N)cc1F. The zero-order valence-corrected chi connectivity index (χ0v) is 10.1. The van der Waals surface area contributed by atoms with E-state index in [-0.39, 0.29) is 5.82 Å². The molecule has 2 atom stereocenters. The highest BCUT2D eigenvalue weighted by Crippen LogP contribution is 2.39. The van der Waals surface area contributed by atoms with E-state index in [0.717, 1.165) is 24.1 Å². The van der Waals surface area contributed by atoms with E-state index in [1.165, 1.54) is 12.5 Å². The summed E-state index contributed by atoms with van der Waals surface area (Å²) >= 11 is 0. The van der Waals surface area contributed by atoms with Gasteiger partial charge in [0.1, 0.15) is 5.82 Å². The van der Waals surface area contributed by atoms with Crippen LogP contribution in [0.15, 0.2) is 12.1 Å². The Morgan fingerprint density at radius 2 is 2.12 bits per heavy atom. The van der Waals surface area contributed by atoms with Gasteiger partial charge >= 0.3 is 0 Å². The van der Waals surface area contributed by atoms with Gasteiger partial charge in [0.2, 0.25) is 0 Å². The second-order valence-electron chi connectivity index (χ2n) is 5.01. The van der Waals surface area contributed by atoms with Crippen LogP contribution < -0.4 is 10.6 Å². The minimum Gasteiger partial charge on any atom is -0.397 e. The normalized spacial score (nSPS) is 23.2. The van der Waals surface area contributed by atoms with Crippen LogP contribution in [0.25, 0.3) is 0 Å². The van der Waals surface area contributed by atoms with Crippen molar-refractivity contribution in [3.05, 3.63) is 23.5 Å². The molecule has 0 radical (unpaired) electrons. The van der Waals surface area contributed by atoms with Gasteiger partial charge in [-0.25, -0.2) is 4.39 Å². The van der Waals surface area contributed by atoms with Crippen LogP contribution >= 0.6 is 0 Å². The Morgan fingerprint density at radius 1 is 1.50 bits per heavy atom. The van der Waals surface area contributed by atoms with Crippen molar-refractivity contribution >= 4 is 11.4 Å². The summed E-state index contributed by atoms with van der Waals surface area (Å²) in [5.41, 5.74) is 7.96. The maximum Gasteiger partial charge on any atom is 0.128 e. The molecule has 0 bridgehead atoms. The molecule has 88 valence electrons. The van der Waals surface area contributed by atoms with E-state index in [1.54, 1.807) is 6.92 Å². The maximum absolute atomic E-state index is 13.3. The lowest BCUT2D eigenvalue weighted by Gasteiger charge is -2.21. The number of aryl methyl sites for hydroxylation is 1. The lowest BCUT2D eigenvalue weighted by Crippen LogP contribution is -2.21. The first-order valence-electron chi connectivity index (χ1n) is 5.75. The van der Waals surface area contributed by atoms with Crippen molar-refractivity contribution in [1.29, 1.82) is 0 Å². The summed E-state index contributed by atoms with van der Waals surface area (Å²) in [6.45, 7) is 5.04. The number of halogens is 1. The van der Waals surface area contributed by atoms with Gasteiger partial charge in [-0.1, -0.05) is 6.92 Å². The average molecular weight is 222 g/mol. The predicted molar refractivity (Wildman–Crippen MR) is 66.1 cm³/mol. The standard InChI is InChI=1S/C13H19FN2/c1-8-4-10(8)7-16(3)13-5-9(2)11(14)6-12(13)15/h5-6,8,10H,4,7,15H2,1-3H3. The van der Waals surface area contributed by atoms with Crippen molar-refractivity contribution in [2.75, 3.05) is 24.2 Å². The van der Waals surface area contributed by atoms with Gasteiger partial charge in [-0.2, -0.15) is 0 Å². The molecule has 0 aliphatic heterocycles. The van der Waals surface area contributed by atoms with Crippen molar-refractivity contribution in [3.63, 3.8) is 0 Å². The Hall–Kier alpha value is -1.25. The highest BCUT2D eigenvalue weighted by Gasteiger charge is 2.33. The van der Waals surface area contributed by atoms with E-state index in [2.05, 4.69) is 11.8 Å². The molecule has 3 heteroatoms. The summed E-state index contributed by atoms with van der Waals surface area (Å²) in [5.74, 6) is 1.37. The second kappa shape index (κ2) is 3.96. The Morgan fingerprint density at radius 3 is 2.69 bits per heavy atom. The summed E-state index contributed by atoms with van der Waals surface area (Å²) < 4.78 is 13.3. The van der Waals surface area contributed by atoms with Crippen LogP contribution in [0.3, 0.4) is 0 Å². The number of nitrogens with zero attached hydrogens (tertiary/aromatic N) is 1. The van der Waals surface area contributed by atoms with Crippen LogP contribution in [0.2, 0.25) is 0 Å². The van der Waals surface area contributed by atoms with Gasteiger partial charge in [0, 0.05) is 13.6 Å². The number of hydrogen-bond acceptors (Lipinski definition) is 2. The van der Waals surface area contributed by atoms with E-state index in [9.17, 15) is 4.39 Å². The third-order valence-electron chi connectivity index (χ3n) is 3.50. The molecule has 16 heavy (non-hydrogen) atoms. The molecule has 1 aromatic carbocycles. The number of nitrogens with two attached hydrogens (primary N) is 1. The van der Waals surface area contributed by atoms with Crippen molar-refractivity contribution < 1.29 is 4.39 Å². The largest absolute Gasteiger partial charge is 0.397 e. The fraction of sp³-hybridized carbons (Fsp3) is 0.538. The lowest BCUT2D eigenvalue weighted by molar-refractivity contribution is 0.618. The summed E-state index contributed by atoms with van der Waals surface area (Å²) in [5, 5.41) is 0. The van der Waals surface area contributed by atoms with Crippen LogP contribution in [-0.2, 0) is 0 Å². The van der Waals surface area contributed by atoms with E-state index in [0.29, 0.717) is 11.3 Å². The average Bonchev–Trinajstić information content (AvgIpc) is 2.87. The number of anilines is 2. The van der Waals surface area contributed by atoms with Gasteiger partial charge in [-0.15, -0.1) is 0 Å². The molecule has 0 spiro atoms. The van der Waals surface area contributed by atoms with E-state index < -0.39 is 0 Å². The first-order valence-corrected chi connectivity index (χ1v) is 5.75. The third kappa shape index (κ3) is 2.13. The molecular weight excluding hydrogens is 203 g/mol. The van der Waals surface area contributed by atoms with Crippen molar-refractivity contribution in [2.24, 2.45) is 11.8 Å². The van der Waals surface area contributed by atoms with Crippen LogP contribution in [-0.4, -0.2) is 13.6 Å². The number of rotatable bonds is 3. The topological polar surface area (TPSA) is 29.3 Å². The minimum absolute atomic E-state index is 0.227. The Labute approximate surface area is 96.2 Å². The van der Waals surface area contributed by atoms with Gasteiger partial charge in [-0.05, 0) is 42.9 Å². The number of nitrogen functional groups attached to an aromatic ring is 1. The molecule has 2 nitrogen and oxygen atoms in total.